The van der Waals surface area contributed by atoms with Crippen molar-refractivity contribution in [3.63, 3.8) is 0 Å². The molecule has 0 aromatic heterocycles. The summed E-state index contributed by atoms with van der Waals surface area (Å²) in [4.78, 5) is 76.8. The Hall–Kier alpha value is -3.41. The van der Waals surface area contributed by atoms with E-state index in [9.17, 15) is 39.0 Å². The fraction of sp³-hybridized carbons (Fsp3) is 0.737. The Labute approximate surface area is 293 Å². The first-order valence-electron chi connectivity index (χ1n) is 18.2. The molecule has 9 atom stereocenters. The number of fused-ring (bicyclic) bond motifs is 5. The highest BCUT2D eigenvalue weighted by molar-refractivity contribution is 6.01. The van der Waals surface area contributed by atoms with E-state index >= 15 is 4.39 Å². The van der Waals surface area contributed by atoms with E-state index in [2.05, 4.69) is 0 Å². The highest BCUT2D eigenvalue weighted by Crippen LogP contribution is 2.71. The summed E-state index contributed by atoms with van der Waals surface area (Å²) in [6, 6.07) is 0. The molecule has 0 radical (unpaired) electrons. The zero-order valence-corrected chi connectivity index (χ0v) is 30.0. The molecule has 50 heavy (non-hydrogen) atoms. The van der Waals surface area contributed by atoms with Gasteiger partial charge in [-0.2, -0.15) is 0 Å². The Morgan fingerprint density at radius 3 is 2.32 bits per heavy atom. The van der Waals surface area contributed by atoms with Gasteiger partial charge >= 0.3 is 23.9 Å². The van der Waals surface area contributed by atoms with Crippen molar-refractivity contribution in [2.24, 2.45) is 28.6 Å². The molecule has 0 aliphatic heterocycles. The second kappa shape index (κ2) is 15.5. The number of halogens is 1. The van der Waals surface area contributed by atoms with E-state index in [1.807, 2.05) is 13.8 Å². The summed E-state index contributed by atoms with van der Waals surface area (Å²) in [6.07, 6.45) is 5.18. The molecule has 0 spiro atoms. The van der Waals surface area contributed by atoms with Crippen LogP contribution in [0.5, 0.6) is 0 Å². The van der Waals surface area contributed by atoms with Crippen molar-refractivity contribution in [3.8, 4) is 0 Å². The Morgan fingerprint density at radius 2 is 1.66 bits per heavy atom. The number of rotatable bonds is 16. The predicted octanol–water partition coefficient (Wildman–Crippen LogP) is 5.54. The Morgan fingerprint density at radius 1 is 0.980 bits per heavy atom. The van der Waals surface area contributed by atoms with Crippen molar-refractivity contribution in [2.45, 2.75) is 142 Å². The number of carbonyl (C=O) groups is 6. The number of alkyl halides is 1. The molecule has 0 aromatic carbocycles. The topological polar surface area (TPSA) is 171 Å². The number of hydrogen-bond donors (Lipinski definition) is 2. The highest BCUT2D eigenvalue weighted by atomic mass is 19.1. The zero-order valence-electron chi connectivity index (χ0n) is 30.0. The third-order valence-corrected chi connectivity index (χ3v) is 12.1. The molecule has 12 heteroatoms. The molecule has 278 valence electrons. The van der Waals surface area contributed by atoms with Crippen molar-refractivity contribution in [3.05, 3.63) is 23.8 Å². The van der Waals surface area contributed by atoms with Crippen LogP contribution in [-0.2, 0) is 43.0 Å². The Kier molecular flexibility index (Phi) is 12.2. The van der Waals surface area contributed by atoms with Crippen LogP contribution in [-0.4, -0.2) is 75.7 Å². The molecule has 9 unspecified atom stereocenters. The minimum absolute atomic E-state index is 0.000949. The molecule has 3 fully saturated rings. The van der Waals surface area contributed by atoms with Gasteiger partial charge in [-0.25, -0.2) is 9.18 Å². The maximum Gasteiger partial charge on any atom is 0.345 e. The smallest absolute Gasteiger partial charge is 0.345 e. The SMILES string of the molecule is CCCCCCC(=O)OC(CC(=O)OCC(=O)C1(OC(=O)CCCC)C(C)CC2C3CCC4=CC(=O)C=CC4(C)C3(F)C(O)CC21C)C(=O)O. The molecule has 0 heterocycles. The van der Waals surface area contributed by atoms with Gasteiger partial charge in [0.05, 0.1) is 12.5 Å². The van der Waals surface area contributed by atoms with Gasteiger partial charge in [-0.05, 0) is 63.5 Å². The molecule has 0 aromatic rings. The van der Waals surface area contributed by atoms with E-state index in [4.69, 9.17) is 14.2 Å². The highest BCUT2D eigenvalue weighted by Gasteiger charge is 2.77. The standard InChI is InChI=1S/C38H53FO11/c1-6-8-10-11-13-31(43)49-28(34(46)47)20-33(45)48-22-30(42)38(50-32(44)12-9-7-2)23(3)18-27-26-15-14-24-19-25(40)16-17-35(24,4)37(26,39)29(41)21-36(27,38)5/h16-17,19,23,26-29,41H,6-15,18,20-22H2,1-5H3,(H,46,47). The van der Waals surface area contributed by atoms with Crippen molar-refractivity contribution < 1.29 is 57.6 Å². The summed E-state index contributed by atoms with van der Waals surface area (Å²) in [6.45, 7) is 8.18. The van der Waals surface area contributed by atoms with E-state index in [1.165, 1.54) is 18.2 Å². The number of carboxylic acids is 1. The molecule has 4 aliphatic carbocycles. The van der Waals surface area contributed by atoms with E-state index in [-0.39, 0.29) is 31.5 Å². The van der Waals surface area contributed by atoms with Crippen LogP contribution < -0.4 is 0 Å². The second-order valence-corrected chi connectivity index (χ2v) is 15.1. The van der Waals surface area contributed by atoms with E-state index < -0.39 is 94.7 Å². The molecular formula is C38H53FO11. The number of aliphatic hydroxyl groups excluding tert-OH is 1. The van der Waals surface area contributed by atoms with Crippen molar-refractivity contribution in [1.29, 1.82) is 0 Å². The lowest BCUT2D eigenvalue weighted by atomic mass is 9.44. The number of esters is 3. The Bertz CT molecular complexity index is 1420. The number of carbonyl (C=O) groups excluding carboxylic acids is 5. The van der Waals surface area contributed by atoms with Crippen molar-refractivity contribution in [2.75, 3.05) is 6.61 Å². The van der Waals surface area contributed by atoms with E-state index in [1.54, 1.807) is 20.8 Å². The summed E-state index contributed by atoms with van der Waals surface area (Å²) in [5, 5.41) is 21.4. The van der Waals surface area contributed by atoms with E-state index in [0.29, 0.717) is 37.7 Å². The number of carboxylic acid groups (broad SMARTS) is 1. The molecule has 4 aliphatic rings. The van der Waals surface area contributed by atoms with Gasteiger partial charge in [-0.15, -0.1) is 0 Å². The van der Waals surface area contributed by atoms with Gasteiger partial charge in [0.15, 0.2) is 23.7 Å². The minimum Gasteiger partial charge on any atom is -0.478 e. The van der Waals surface area contributed by atoms with Crippen LogP contribution in [0.15, 0.2) is 23.8 Å². The number of aliphatic carboxylic acids is 1. The third-order valence-electron chi connectivity index (χ3n) is 12.1. The number of hydrogen-bond acceptors (Lipinski definition) is 10. The molecule has 4 rings (SSSR count). The summed E-state index contributed by atoms with van der Waals surface area (Å²) in [5.74, 6) is -6.97. The van der Waals surface area contributed by atoms with Crippen LogP contribution in [0.1, 0.15) is 118 Å². The first-order chi connectivity index (χ1) is 23.5. The fourth-order valence-corrected chi connectivity index (χ4v) is 9.51. The molecule has 3 saturated carbocycles. The van der Waals surface area contributed by atoms with Gasteiger partial charge in [0.2, 0.25) is 11.9 Å². The zero-order chi connectivity index (χ0) is 37.1. The van der Waals surface area contributed by atoms with Crippen molar-refractivity contribution in [1.82, 2.24) is 0 Å². The van der Waals surface area contributed by atoms with Gasteiger partial charge in [-0.3, -0.25) is 24.0 Å². The molecule has 2 N–H and O–H groups in total. The van der Waals surface area contributed by atoms with Gasteiger partial charge in [0.1, 0.15) is 0 Å². The van der Waals surface area contributed by atoms with Crippen LogP contribution in [0, 0.1) is 28.6 Å². The van der Waals surface area contributed by atoms with Crippen LogP contribution in [0.4, 0.5) is 4.39 Å². The molecule has 0 saturated heterocycles. The first-order valence-corrected chi connectivity index (χ1v) is 18.2. The maximum atomic E-state index is 17.7. The largest absolute Gasteiger partial charge is 0.478 e. The lowest BCUT2D eigenvalue weighted by Crippen LogP contribution is -2.70. The van der Waals surface area contributed by atoms with Crippen LogP contribution in [0.2, 0.25) is 0 Å². The molecule has 11 nitrogen and oxygen atoms in total. The lowest BCUT2D eigenvalue weighted by Gasteiger charge is -2.62. The van der Waals surface area contributed by atoms with Gasteiger partial charge in [-0.1, -0.05) is 65.0 Å². The minimum atomic E-state index is -2.17. The third kappa shape index (κ3) is 6.93. The van der Waals surface area contributed by atoms with Crippen LogP contribution in [0.3, 0.4) is 0 Å². The van der Waals surface area contributed by atoms with Crippen LogP contribution in [0.25, 0.3) is 0 Å². The normalized spacial score (nSPS) is 34.8. The summed E-state index contributed by atoms with van der Waals surface area (Å²) in [7, 11) is 0. The van der Waals surface area contributed by atoms with Gasteiger partial charge in [0, 0.05) is 35.5 Å². The quantitative estimate of drug-likeness (QED) is 0.117. The number of allylic oxidation sites excluding steroid dienone is 4. The molecule has 0 amide bonds. The molecule has 0 bridgehead atoms. The van der Waals surface area contributed by atoms with Gasteiger partial charge < -0.3 is 24.4 Å². The van der Waals surface area contributed by atoms with E-state index in [0.717, 1.165) is 19.3 Å². The van der Waals surface area contributed by atoms with Crippen LogP contribution >= 0.6 is 0 Å². The number of Topliss-reactive ketones (excluding diaryl/α,β-unsaturated/α-hetero) is 1. The average Bonchev–Trinajstić information content (AvgIpc) is 3.27. The molecular weight excluding hydrogens is 651 g/mol. The fourth-order valence-electron chi connectivity index (χ4n) is 9.51. The number of ether oxygens (including phenoxy) is 3. The number of aliphatic hydroxyl groups is 1. The summed E-state index contributed by atoms with van der Waals surface area (Å²) < 4.78 is 34.2. The first kappa shape index (κ1) is 39.4. The maximum absolute atomic E-state index is 17.7. The second-order valence-electron chi connectivity index (χ2n) is 15.1. The number of unbranched alkanes of at least 4 members (excludes halogenated alkanes) is 4. The number of ketones is 2. The van der Waals surface area contributed by atoms with Crippen molar-refractivity contribution >= 4 is 35.4 Å². The average molecular weight is 705 g/mol. The summed E-state index contributed by atoms with van der Waals surface area (Å²) in [5.41, 5.74) is -5.97. The van der Waals surface area contributed by atoms with Gasteiger partial charge in [0.25, 0.3) is 0 Å². The predicted molar refractivity (Wildman–Crippen MR) is 178 cm³/mol. The monoisotopic (exact) mass is 704 g/mol. The Balaban J connectivity index is 1.59. The lowest BCUT2D eigenvalue weighted by molar-refractivity contribution is -0.228. The summed E-state index contributed by atoms with van der Waals surface area (Å²) >= 11 is 0.